The summed E-state index contributed by atoms with van der Waals surface area (Å²) in [7, 11) is 4.12. The van der Waals surface area contributed by atoms with Crippen molar-refractivity contribution in [3.8, 4) is 0 Å². The maximum Gasteiger partial charge on any atom is 0.234 e. The second-order valence-corrected chi connectivity index (χ2v) is 9.32. The summed E-state index contributed by atoms with van der Waals surface area (Å²) in [5, 5.41) is 12.8. The molecule has 0 radical (unpaired) electrons. The molecule has 0 aliphatic carbocycles. The number of benzene rings is 2. The van der Waals surface area contributed by atoms with Crippen molar-refractivity contribution in [2.45, 2.75) is 50.9 Å². The first kappa shape index (κ1) is 24.0. The summed E-state index contributed by atoms with van der Waals surface area (Å²) in [5.41, 5.74) is 3.19. The van der Waals surface area contributed by atoms with Crippen LogP contribution >= 0.6 is 11.8 Å². The van der Waals surface area contributed by atoms with Crippen LogP contribution in [0.4, 0.5) is 5.69 Å². The quantitative estimate of drug-likeness (QED) is 0.430. The van der Waals surface area contributed by atoms with Gasteiger partial charge >= 0.3 is 0 Å². The SMILES string of the molecule is CCC(c1nnc(SCC(=O)Nc2ccccc2C(C)C)n1Cc1ccccc1)N(C)C. The van der Waals surface area contributed by atoms with E-state index in [2.05, 4.69) is 78.0 Å². The van der Waals surface area contributed by atoms with E-state index >= 15 is 0 Å². The molecule has 0 aliphatic rings. The smallest absolute Gasteiger partial charge is 0.234 e. The fourth-order valence-electron chi connectivity index (χ4n) is 3.78. The molecule has 7 heteroatoms. The third-order valence-corrected chi connectivity index (χ3v) is 6.39. The highest BCUT2D eigenvalue weighted by atomic mass is 32.2. The number of hydrogen-bond acceptors (Lipinski definition) is 5. The highest BCUT2D eigenvalue weighted by molar-refractivity contribution is 7.99. The number of nitrogens with zero attached hydrogens (tertiary/aromatic N) is 4. The Morgan fingerprint density at radius 3 is 2.41 bits per heavy atom. The molecule has 3 rings (SSSR count). The van der Waals surface area contributed by atoms with E-state index in [0.29, 0.717) is 12.5 Å². The predicted octanol–water partition coefficient (Wildman–Crippen LogP) is 5.19. The minimum atomic E-state index is -0.0430. The molecule has 0 aliphatic heterocycles. The molecular weight excluding hydrogens is 418 g/mol. The largest absolute Gasteiger partial charge is 0.325 e. The minimum absolute atomic E-state index is 0.0430. The van der Waals surface area contributed by atoms with Crippen molar-refractivity contribution in [2.24, 2.45) is 0 Å². The second kappa shape index (κ2) is 11.3. The molecule has 1 heterocycles. The first-order valence-corrected chi connectivity index (χ1v) is 12.0. The van der Waals surface area contributed by atoms with E-state index in [4.69, 9.17) is 0 Å². The van der Waals surface area contributed by atoms with Gasteiger partial charge in [0.2, 0.25) is 5.91 Å². The average molecular weight is 452 g/mol. The Bertz CT molecular complexity index is 1020. The number of amides is 1. The Morgan fingerprint density at radius 1 is 1.06 bits per heavy atom. The topological polar surface area (TPSA) is 63.1 Å². The first-order chi connectivity index (χ1) is 15.4. The van der Waals surface area contributed by atoms with E-state index in [1.807, 2.05) is 36.4 Å². The van der Waals surface area contributed by atoms with E-state index in [1.165, 1.54) is 17.3 Å². The molecule has 1 aromatic heterocycles. The molecule has 0 fully saturated rings. The molecule has 1 unspecified atom stereocenters. The summed E-state index contributed by atoms with van der Waals surface area (Å²) >= 11 is 1.43. The molecular formula is C25H33N5OS. The third-order valence-electron chi connectivity index (χ3n) is 5.43. The molecule has 1 amide bonds. The van der Waals surface area contributed by atoms with Crippen molar-refractivity contribution in [1.82, 2.24) is 19.7 Å². The molecule has 0 saturated carbocycles. The van der Waals surface area contributed by atoms with Gasteiger partial charge < -0.3 is 9.88 Å². The van der Waals surface area contributed by atoms with Crippen molar-refractivity contribution >= 4 is 23.4 Å². The van der Waals surface area contributed by atoms with Gasteiger partial charge in [-0.3, -0.25) is 9.69 Å². The standard InChI is InChI=1S/C25H33N5OS/c1-6-22(29(4)5)24-27-28-25(30(24)16-19-12-8-7-9-13-19)32-17-23(31)26-21-15-11-10-14-20(21)18(2)3/h7-15,18,22H,6,16-17H2,1-5H3,(H,26,31). The molecule has 1 N–H and O–H groups in total. The zero-order valence-electron chi connectivity index (χ0n) is 19.6. The first-order valence-electron chi connectivity index (χ1n) is 11.1. The number of nitrogens with one attached hydrogen (secondary N) is 1. The lowest BCUT2D eigenvalue weighted by atomic mass is 10.0. The Balaban J connectivity index is 1.78. The van der Waals surface area contributed by atoms with Crippen molar-refractivity contribution in [3.05, 3.63) is 71.5 Å². The lowest BCUT2D eigenvalue weighted by Crippen LogP contribution is -2.23. The lowest BCUT2D eigenvalue weighted by molar-refractivity contribution is -0.113. The number of thioether (sulfide) groups is 1. The van der Waals surface area contributed by atoms with Crippen LogP contribution in [0.5, 0.6) is 0 Å². The van der Waals surface area contributed by atoms with Gasteiger partial charge in [0.15, 0.2) is 11.0 Å². The molecule has 2 aromatic carbocycles. The summed E-state index contributed by atoms with van der Waals surface area (Å²) in [4.78, 5) is 14.9. The van der Waals surface area contributed by atoms with Gasteiger partial charge in [-0.2, -0.15) is 0 Å². The van der Waals surface area contributed by atoms with Gasteiger partial charge in [0.25, 0.3) is 0 Å². The summed E-state index contributed by atoms with van der Waals surface area (Å²) in [6, 6.07) is 18.4. The Labute approximate surface area is 195 Å². The zero-order chi connectivity index (χ0) is 23.1. The van der Waals surface area contributed by atoms with Crippen LogP contribution in [0.1, 0.15) is 56.1 Å². The van der Waals surface area contributed by atoms with Crippen molar-refractivity contribution < 1.29 is 4.79 Å². The zero-order valence-corrected chi connectivity index (χ0v) is 20.4. The molecule has 3 aromatic rings. The van der Waals surface area contributed by atoms with Crippen LogP contribution in [0.15, 0.2) is 59.8 Å². The number of para-hydroxylation sites is 1. The maximum atomic E-state index is 12.7. The second-order valence-electron chi connectivity index (χ2n) is 8.38. The van der Waals surface area contributed by atoms with Gasteiger partial charge in [0, 0.05) is 5.69 Å². The van der Waals surface area contributed by atoms with Crippen molar-refractivity contribution in [2.75, 3.05) is 25.2 Å². The minimum Gasteiger partial charge on any atom is -0.325 e. The van der Waals surface area contributed by atoms with E-state index in [1.54, 1.807) is 0 Å². The molecule has 1 atom stereocenters. The number of hydrogen-bond donors (Lipinski definition) is 1. The van der Waals surface area contributed by atoms with Crippen LogP contribution in [0.2, 0.25) is 0 Å². The van der Waals surface area contributed by atoms with E-state index in [9.17, 15) is 4.79 Å². The van der Waals surface area contributed by atoms with Crippen molar-refractivity contribution in [1.29, 1.82) is 0 Å². The molecule has 6 nitrogen and oxygen atoms in total. The predicted molar refractivity (Wildman–Crippen MR) is 132 cm³/mol. The van der Waals surface area contributed by atoms with Gasteiger partial charge in [-0.25, -0.2) is 0 Å². The number of anilines is 1. The van der Waals surface area contributed by atoms with Crippen LogP contribution in [-0.2, 0) is 11.3 Å². The van der Waals surface area contributed by atoms with Gasteiger partial charge in [-0.1, -0.05) is 81.1 Å². The van der Waals surface area contributed by atoms with Gasteiger partial charge in [0.05, 0.1) is 18.3 Å². The summed E-state index contributed by atoms with van der Waals surface area (Å²) in [5.74, 6) is 1.50. The number of carbonyl (C=O) groups excluding carboxylic acids is 1. The monoisotopic (exact) mass is 451 g/mol. The van der Waals surface area contributed by atoms with Crippen LogP contribution in [0, 0.1) is 0 Å². The van der Waals surface area contributed by atoms with Gasteiger partial charge in [0.1, 0.15) is 0 Å². The molecule has 0 spiro atoms. The summed E-state index contributed by atoms with van der Waals surface area (Å²) < 4.78 is 2.14. The summed E-state index contributed by atoms with van der Waals surface area (Å²) in [6.07, 6.45) is 0.928. The molecule has 0 saturated heterocycles. The van der Waals surface area contributed by atoms with Crippen LogP contribution < -0.4 is 5.32 Å². The normalized spacial score (nSPS) is 12.3. The van der Waals surface area contributed by atoms with Gasteiger partial charge in [-0.15, -0.1) is 10.2 Å². The van der Waals surface area contributed by atoms with E-state index < -0.39 is 0 Å². The summed E-state index contributed by atoms with van der Waals surface area (Å²) in [6.45, 7) is 7.08. The third kappa shape index (κ3) is 5.99. The average Bonchev–Trinajstić information content (AvgIpc) is 3.15. The fourth-order valence-corrected chi connectivity index (χ4v) is 4.52. The van der Waals surface area contributed by atoms with Crippen LogP contribution in [0.3, 0.4) is 0 Å². The number of aromatic nitrogens is 3. The van der Waals surface area contributed by atoms with Crippen LogP contribution in [0.25, 0.3) is 0 Å². The highest BCUT2D eigenvalue weighted by Gasteiger charge is 2.22. The van der Waals surface area contributed by atoms with Crippen molar-refractivity contribution in [3.63, 3.8) is 0 Å². The van der Waals surface area contributed by atoms with Crippen LogP contribution in [-0.4, -0.2) is 45.4 Å². The fraction of sp³-hybridized carbons (Fsp3) is 0.400. The number of rotatable bonds is 10. The van der Waals surface area contributed by atoms with E-state index in [0.717, 1.165) is 28.7 Å². The van der Waals surface area contributed by atoms with E-state index in [-0.39, 0.29) is 17.7 Å². The number of carbonyl (C=O) groups is 1. The lowest BCUT2D eigenvalue weighted by Gasteiger charge is -2.23. The molecule has 170 valence electrons. The molecule has 32 heavy (non-hydrogen) atoms. The maximum absolute atomic E-state index is 12.7. The Kier molecular flexibility index (Phi) is 8.47. The Morgan fingerprint density at radius 2 is 1.75 bits per heavy atom. The van der Waals surface area contributed by atoms with Gasteiger partial charge in [-0.05, 0) is 43.6 Å². The molecule has 0 bridgehead atoms. The highest BCUT2D eigenvalue weighted by Crippen LogP contribution is 2.27. The Hall–Kier alpha value is -2.64.